The van der Waals surface area contributed by atoms with E-state index < -0.39 is 15.9 Å². The first-order valence-corrected chi connectivity index (χ1v) is 7.41. The van der Waals surface area contributed by atoms with Gasteiger partial charge in [0.15, 0.2) is 8.68 Å². The van der Waals surface area contributed by atoms with Crippen molar-refractivity contribution in [1.29, 1.82) is 0 Å². The van der Waals surface area contributed by atoms with Crippen molar-refractivity contribution in [2.75, 3.05) is 6.54 Å². The molecule has 96 valence electrons. The number of hydrogen-bond acceptors (Lipinski definition) is 5. The molecule has 1 heterocycles. The van der Waals surface area contributed by atoms with Crippen LogP contribution in [0.3, 0.4) is 0 Å². The van der Waals surface area contributed by atoms with Gasteiger partial charge in [0.05, 0.1) is 5.69 Å². The topological polar surface area (TPSA) is 102 Å². The van der Waals surface area contributed by atoms with E-state index in [2.05, 4.69) is 9.71 Å². The molecule has 0 spiro atoms. The minimum atomic E-state index is -3.60. The number of nitrogens with two attached hydrogens (primary N) is 1. The van der Waals surface area contributed by atoms with E-state index in [-0.39, 0.29) is 21.6 Å². The van der Waals surface area contributed by atoms with Gasteiger partial charge in [-0.25, -0.2) is 18.1 Å². The molecule has 0 saturated heterocycles. The van der Waals surface area contributed by atoms with Crippen LogP contribution in [0.1, 0.15) is 18.5 Å². The molecule has 0 aliphatic carbocycles. The van der Waals surface area contributed by atoms with Crippen molar-refractivity contribution in [1.82, 2.24) is 9.71 Å². The molecule has 0 aliphatic heterocycles. The maximum atomic E-state index is 11.8. The lowest BCUT2D eigenvalue weighted by Gasteiger charge is -2.03. The number of aryl methyl sites for hydroxylation is 1. The van der Waals surface area contributed by atoms with Crippen LogP contribution in [0.2, 0.25) is 4.47 Å². The first kappa shape index (κ1) is 14.4. The van der Waals surface area contributed by atoms with Crippen LogP contribution < -0.4 is 10.5 Å². The number of hydrogen-bond donors (Lipinski definition) is 2. The zero-order chi connectivity index (χ0) is 13.1. The van der Waals surface area contributed by atoms with Crippen molar-refractivity contribution in [3.8, 4) is 0 Å². The Bertz CT molecular complexity index is 512. The number of thiazole rings is 1. The Labute approximate surface area is 108 Å². The maximum Gasteiger partial charge on any atom is 0.251 e. The summed E-state index contributed by atoms with van der Waals surface area (Å²) in [5.41, 5.74) is 5.30. The fourth-order valence-corrected chi connectivity index (χ4v) is 3.99. The molecule has 1 rings (SSSR count). The predicted octanol–water partition coefficient (Wildman–Crippen LogP) is 0.649. The van der Waals surface area contributed by atoms with E-state index in [9.17, 15) is 13.2 Å². The van der Waals surface area contributed by atoms with Gasteiger partial charge in [0.25, 0.3) is 10.0 Å². The van der Waals surface area contributed by atoms with Gasteiger partial charge >= 0.3 is 0 Å². The van der Waals surface area contributed by atoms with Crippen LogP contribution >= 0.6 is 22.9 Å². The average Bonchev–Trinajstić information content (AvgIpc) is 2.53. The van der Waals surface area contributed by atoms with Crippen LogP contribution in [0.4, 0.5) is 0 Å². The Balaban J connectivity index is 2.63. The Kier molecular flexibility index (Phi) is 4.87. The second-order valence-corrected chi connectivity index (χ2v) is 6.85. The number of nitrogens with zero attached hydrogens (tertiary/aromatic N) is 1. The third kappa shape index (κ3) is 4.23. The number of halogens is 1. The summed E-state index contributed by atoms with van der Waals surface area (Å²) in [4.78, 5) is 14.3. The number of sulfonamides is 1. The number of aromatic nitrogens is 1. The zero-order valence-corrected chi connectivity index (χ0v) is 11.5. The van der Waals surface area contributed by atoms with Crippen molar-refractivity contribution >= 4 is 38.9 Å². The minimum Gasteiger partial charge on any atom is -0.370 e. The van der Waals surface area contributed by atoms with Crippen LogP contribution in [0.25, 0.3) is 0 Å². The Morgan fingerprint density at radius 1 is 1.59 bits per heavy atom. The van der Waals surface area contributed by atoms with E-state index in [1.807, 2.05) is 0 Å². The third-order valence-corrected chi connectivity index (χ3v) is 5.20. The number of carbonyl (C=O) groups is 1. The van der Waals surface area contributed by atoms with E-state index >= 15 is 0 Å². The molecule has 0 fully saturated rings. The first-order chi connectivity index (χ1) is 7.83. The van der Waals surface area contributed by atoms with E-state index in [4.69, 9.17) is 17.3 Å². The second kappa shape index (κ2) is 5.76. The van der Waals surface area contributed by atoms with Crippen molar-refractivity contribution in [2.45, 2.75) is 24.0 Å². The fourth-order valence-electron chi connectivity index (χ4n) is 1.13. The summed E-state index contributed by atoms with van der Waals surface area (Å²) < 4.78 is 26.2. The summed E-state index contributed by atoms with van der Waals surface area (Å²) in [6, 6.07) is 0. The zero-order valence-electron chi connectivity index (χ0n) is 9.07. The molecule has 17 heavy (non-hydrogen) atoms. The lowest BCUT2D eigenvalue weighted by Crippen LogP contribution is -2.25. The van der Waals surface area contributed by atoms with Gasteiger partial charge in [-0.05, 0) is 13.3 Å². The highest BCUT2D eigenvalue weighted by atomic mass is 35.5. The van der Waals surface area contributed by atoms with Gasteiger partial charge in [0.2, 0.25) is 5.91 Å². The maximum absolute atomic E-state index is 11.8. The molecule has 0 aromatic carbocycles. The smallest absolute Gasteiger partial charge is 0.251 e. The van der Waals surface area contributed by atoms with Gasteiger partial charge in [0, 0.05) is 13.0 Å². The molecule has 0 bridgehead atoms. The van der Waals surface area contributed by atoms with Crippen LogP contribution in [0.5, 0.6) is 0 Å². The van der Waals surface area contributed by atoms with E-state index in [1.54, 1.807) is 6.92 Å². The molecular weight excluding hydrogens is 286 g/mol. The average molecular weight is 298 g/mol. The highest BCUT2D eigenvalue weighted by Gasteiger charge is 2.20. The summed E-state index contributed by atoms with van der Waals surface area (Å²) in [5, 5.41) is 0. The lowest BCUT2D eigenvalue weighted by molar-refractivity contribution is -0.118. The number of nitrogens with one attached hydrogen (secondary N) is 1. The number of carbonyl (C=O) groups excluding carboxylic acids is 1. The van der Waals surface area contributed by atoms with Crippen LogP contribution in [-0.2, 0) is 14.8 Å². The predicted molar refractivity (Wildman–Crippen MR) is 65.5 cm³/mol. The standard InChI is InChI=1S/C8H12ClN3O3S2/c1-5-7(16-8(9)12-5)17(14,15)11-4-2-3-6(10)13/h11H,2-4H2,1H3,(H2,10,13). The quantitative estimate of drug-likeness (QED) is 0.752. The molecule has 9 heteroatoms. The Hall–Kier alpha value is -0.700. The van der Waals surface area contributed by atoms with Crippen molar-refractivity contribution < 1.29 is 13.2 Å². The molecular formula is C8H12ClN3O3S2. The number of primary amides is 1. The fraction of sp³-hybridized carbons (Fsp3) is 0.500. The van der Waals surface area contributed by atoms with Gasteiger partial charge in [0.1, 0.15) is 0 Å². The van der Waals surface area contributed by atoms with Gasteiger partial charge in [-0.1, -0.05) is 22.9 Å². The highest BCUT2D eigenvalue weighted by Crippen LogP contribution is 2.26. The van der Waals surface area contributed by atoms with Crippen molar-refractivity contribution in [2.24, 2.45) is 5.73 Å². The summed E-state index contributed by atoms with van der Waals surface area (Å²) >= 11 is 6.53. The van der Waals surface area contributed by atoms with Crippen molar-refractivity contribution in [3.63, 3.8) is 0 Å². The van der Waals surface area contributed by atoms with Gasteiger partial charge < -0.3 is 5.73 Å². The van der Waals surface area contributed by atoms with Gasteiger partial charge in [-0.15, -0.1) is 0 Å². The monoisotopic (exact) mass is 297 g/mol. The molecule has 0 aliphatic rings. The van der Waals surface area contributed by atoms with Gasteiger partial charge in [-0.2, -0.15) is 0 Å². The molecule has 3 N–H and O–H groups in total. The first-order valence-electron chi connectivity index (χ1n) is 4.74. The van der Waals surface area contributed by atoms with Crippen LogP contribution in [0, 0.1) is 6.92 Å². The summed E-state index contributed by atoms with van der Waals surface area (Å²) in [6.45, 7) is 1.72. The Morgan fingerprint density at radius 2 is 2.24 bits per heavy atom. The molecule has 0 radical (unpaired) electrons. The molecule has 1 aromatic rings. The Morgan fingerprint density at radius 3 is 2.71 bits per heavy atom. The van der Waals surface area contributed by atoms with Crippen LogP contribution in [-0.4, -0.2) is 25.9 Å². The minimum absolute atomic E-state index is 0.0987. The lowest BCUT2D eigenvalue weighted by atomic mass is 10.3. The summed E-state index contributed by atoms with van der Waals surface area (Å²) in [5.74, 6) is -0.457. The SMILES string of the molecule is Cc1nc(Cl)sc1S(=O)(=O)NCCCC(N)=O. The van der Waals surface area contributed by atoms with E-state index in [0.717, 1.165) is 11.3 Å². The van der Waals surface area contributed by atoms with E-state index in [1.165, 1.54) is 0 Å². The molecule has 0 saturated carbocycles. The largest absolute Gasteiger partial charge is 0.370 e. The highest BCUT2D eigenvalue weighted by molar-refractivity contribution is 7.91. The normalized spacial score (nSPS) is 11.6. The van der Waals surface area contributed by atoms with Crippen LogP contribution in [0.15, 0.2) is 4.21 Å². The summed E-state index contributed by atoms with van der Waals surface area (Å²) in [6.07, 6.45) is 0.505. The van der Waals surface area contributed by atoms with Crippen molar-refractivity contribution in [3.05, 3.63) is 10.2 Å². The summed E-state index contributed by atoms with van der Waals surface area (Å²) in [7, 11) is -3.60. The molecule has 0 atom stereocenters. The van der Waals surface area contributed by atoms with E-state index in [0.29, 0.717) is 12.1 Å². The molecule has 1 aromatic heterocycles. The van der Waals surface area contributed by atoms with Gasteiger partial charge in [-0.3, -0.25) is 4.79 Å². The third-order valence-electron chi connectivity index (χ3n) is 1.86. The second-order valence-electron chi connectivity index (χ2n) is 3.31. The molecule has 0 unspecified atom stereocenters. The molecule has 6 nitrogen and oxygen atoms in total. The number of rotatable bonds is 6. The molecule has 1 amide bonds. The number of amides is 1.